The van der Waals surface area contributed by atoms with Crippen LogP contribution in [0.1, 0.15) is 35.5 Å². The van der Waals surface area contributed by atoms with E-state index in [4.69, 9.17) is 0 Å². The van der Waals surface area contributed by atoms with E-state index in [-0.39, 0.29) is 6.42 Å². The van der Waals surface area contributed by atoms with Crippen molar-refractivity contribution in [2.45, 2.75) is 57.0 Å². The number of nitrogens with one attached hydrogen (secondary N) is 4. The summed E-state index contributed by atoms with van der Waals surface area (Å²) in [6.07, 6.45) is -2.10. The Morgan fingerprint density at radius 3 is 2.04 bits per heavy atom. The van der Waals surface area contributed by atoms with Gasteiger partial charge in [-0.2, -0.15) is 0 Å². The first kappa shape index (κ1) is 34.7. The van der Waals surface area contributed by atoms with Crippen LogP contribution >= 0.6 is 0 Å². The van der Waals surface area contributed by atoms with Gasteiger partial charge in [0.2, 0.25) is 23.5 Å². The number of aliphatic hydroxyl groups excluding tert-OH is 1. The molecule has 1 aliphatic rings. The van der Waals surface area contributed by atoms with Crippen molar-refractivity contribution in [2.24, 2.45) is 5.92 Å². The number of nitrogens with zero attached hydrogens (tertiary/aromatic N) is 1. The van der Waals surface area contributed by atoms with Crippen LogP contribution in [0.5, 0.6) is 5.75 Å². The summed E-state index contributed by atoms with van der Waals surface area (Å²) in [7, 11) is 0. The standard InChI is InChI=1S/C31H30F5N5O6/c1-13-27(43)17(12-16-20(32)22(34)24(36)23(35)21(16)33)39-30(46)25(41-31(47)26-19(42)9-6-10-37-26)14(2)38-29(45)18(40-28(13)44)11-15-7-4-3-5-8-15/h3-10,13-14,17-18,25,27,42-43H,11-12H2,1-2H3,(H,38,45)(H,39,46)(H,40,44)(H,41,47)/t13-,14-,17+,18?,25+,27+/m1/s1. The number of carbonyl (C=O) groups is 4. The summed E-state index contributed by atoms with van der Waals surface area (Å²) in [6, 6.07) is 4.70. The molecule has 6 N–H and O–H groups in total. The number of aromatic hydroxyl groups is 1. The first-order valence-electron chi connectivity index (χ1n) is 14.3. The lowest BCUT2D eigenvalue weighted by molar-refractivity contribution is -0.136. The number of pyridine rings is 1. The monoisotopic (exact) mass is 663 g/mol. The third-order valence-electron chi connectivity index (χ3n) is 7.75. The van der Waals surface area contributed by atoms with Crippen LogP contribution in [0.25, 0.3) is 0 Å². The molecule has 3 aromatic rings. The van der Waals surface area contributed by atoms with E-state index in [2.05, 4.69) is 26.3 Å². The molecule has 250 valence electrons. The molecule has 4 amide bonds. The van der Waals surface area contributed by atoms with Crippen molar-refractivity contribution in [2.75, 3.05) is 0 Å². The first-order valence-corrected chi connectivity index (χ1v) is 14.3. The predicted molar refractivity (Wildman–Crippen MR) is 154 cm³/mol. The van der Waals surface area contributed by atoms with Crippen molar-refractivity contribution in [1.82, 2.24) is 26.3 Å². The van der Waals surface area contributed by atoms with E-state index in [0.717, 1.165) is 13.0 Å². The van der Waals surface area contributed by atoms with E-state index >= 15 is 0 Å². The maximum atomic E-state index is 14.7. The number of hydrogen-bond acceptors (Lipinski definition) is 7. The fraction of sp³-hybridized carbons (Fsp3) is 0.323. The minimum Gasteiger partial charge on any atom is -0.505 e. The second-order valence-corrected chi connectivity index (χ2v) is 11.0. The van der Waals surface area contributed by atoms with Crippen molar-refractivity contribution in [3.05, 3.63) is 94.6 Å². The molecule has 0 radical (unpaired) electrons. The van der Waals surface area contributed by atoms with Crippen molar-refractivity contribution >= 4 is 23.6 Å². The quantitative estimate of drug-likeness (QED) is 0.132. The van der Waals surface area contributed by atoms with Crippen LogP contribution in [0.15, 0.2) is 48.7 Å². The third-order valence-corrected chi connectivity index (χ3v) is 7.75. The molecular weight excluding hydrogens is 633 g/mol. The molecule has 1 fully saturated rings. The zero-order chi connectivity index (χ0) is 34.6. The Kier molecular flexibility index (Phi) is 10.7. The smallest absolute Gasteiger partial charge is 0.274 e. The second kappa shape index (κ2) is 14.5. The van der Waals surface area contributed by atoms with Crippen LogP contribution in [0.3, 0.4) is 0 Å². The van der Waals surface area contributed by atoms with Crippen LogP contribution in [0.2, 0.25) is 0 Å². The molecule has 1 unspecified atom stereocenters. The molecule has 16 heteroatoms. The van der Waals surface area contributed by atoms with Crippen molar-refractivity contribution in [3.8, 4) is 5.75 Å². The molecule has 0 spiro atoms. The normalized spacial score (nSPS) is 23.9. The number of halogens is 5. The van der Waals surface area contributed by atoms with Crippen LogP contribution < -0.4 is 21.3 Å². The molecule has 2 aromatic carbocycles. The molecule has 11 nitrogen and oxygen atoms in total. The lowest BCUT2D eigenvalue weighted by atomic mass is 9.90. The van der Waals surface area contributed by atoms with Crippen LogP contribution in [0.4, 0.5) is 22.0 Å². The number of rotatable bonds is 6. The van der Waals surface area contributed by atoms with Gasteiger partial charge in [-0.25, -0.2) is 26.9 Å². The van der Waals surface area contributed by atoms with Gasteiger partial charge in [0.15, 0.2) is 29.0 Å². The summed E-state index contributed by atoms with van der Waals surface area (Å²) in [5.74, 6) is -17.5. The van der Waals surface area contributed by atoms with Gasteiger partial charge in [-0.15, -0.1) is 0 Å². The van der Waals surface area contributed by atoms with Gasteiger partial charge in [-0.05, 0) is 24.6 Å². The summed E-state index contributed by atoms with van der Waals surface area (Å²) in [6.45, 7) is 2.46. The average Bonchev–Trinajstić information content (AvgIpc) is 3.05. The number of benzene rings is 2. The van der Waals surface area contributed by atoms with Crippen molar-refractivity contribution in [1.29, 1.82) is 0 Å². The van der Waals surface area contributed by atoms with Crippen LogP contribution in [0, 0.1) is 35.0 Å². The third kappa shape index (κ3) is 7.65. The van der Waals surface area contributed by atoms with Gasteiger partial charge < -0.3 is 31.5 Å². The summed E-state index contributed by atoms with van der Waals surface area (Å²) >= 11 is 0. The Labute approximate surface area is 264 Å². The van der Waals surface area contributed by atoms with E-state index in [1.807, 2.05) is 0 Å². The summed E-state index contributed by atoms with van der Waals surface area (Å²) < 4.78 is 71.3. The summed E-state index contributed by atoms with van der Waals surface area (Å²) in [5.41, 5.74) is -1.28. The number of aliphatic hydroxyl groups is 1. The first-order chi connectivity index (χ1) is 22.2. The lowest BCUT2D eigenvalue weighted by Gasteiger charge is -2.34. The Morgan fingerprint density at radius 2 is 1.43 bits per heavy atom. The van der Waals surface area contributed by atoms with Crippen molar-refractivity contribution in [3.63, 3.8) is 0 Å². The second-order valence-electron chi connectivity index (χ2n) is 11.0. The molecule has 1 aromatic heterocycles. The molecule has 6 atom stereocenters. The van der Waals surface area contributed by atoms with E-state index in [9.17, 15) is 51.3 Å². The summed E-state index contributed by atoms with van der Waals surface area (Å²) in [5, 5.41) is 30.9. The molecule has 0 aliphatic carbocycles. The fourth-order valence-corrected chi connectivity index (χ4v) is 5.05. The van der Waals surface area contributed by atoms with Gasteiger partial charge in [0.1, 0.15) is 17.8 Å². The molecule has 1 saturated heterocycles. The number of aromatic nitrogens is 1. The Morgan fingerprint density at radius 1 is 0.809 bits per heavy atom. The topological polar surface area (TPSA) is 170 Å². The maximum Gasteiger partial charge on any atom is 0.274 e. The molecule has 2 heterocycles. The van der Waals surface area contributed by atoms with Gasteiger partial charge >= 0.3 is 0 Å². The van der Waals surface area contributed by atoms with Gasteiger partial charge in [-0.1, -0.05) is 37.3 Å². The Bertz CT molecular complexity index is 1650. The van der Waals surface area contributed by atoms with Gasteiger partial charge in [0.05, 0.1) is 24.1 Å². The highest BCUT2D eigenvalue weighted by atomic mass is 19.2. The summed E-state index contributed by atoms with van der Waals surface area (Å²) in [4.78, 5) is 57.2. The van der Waals surface area contributed by atoms with E-state index in [1.54, 1.807) is 30.3 Å². The molecule has 1 aliphatic heterocycles. The fourth-order valence-electron chi connectivity index (χ4n) is 5.05. The maximum absolute atomic E-state index is 14.7. The minimum absolute atomic E-state index is 0.0625. The zero-order valence-corrected chi connectivity index (χ0v) is 24.9. The molecule has 4 rings (SSSR count). The van der Waals surface area contributed by atoms with Gasteiger partial charge in [0.25, 0.3) is 5.91 Å². The molecular formula is C31H30F5N5O6. The van der Waals surface area contributed by atoms with Crippen LogP contribution in [-0.2, 0) is 27.2 Å². The van der Waals surface area contributed by atoms with Crippen molar-refractivity contribution < 1.29 is 51.3 Å². The number of carbonyl (C=O) groups excluding carboxylic acids is 4. The molecule has 0 bridgehead atoms. The highest BCUT2D eigenvalue weighted by molar-refractivity contribution is 5.98. The highest BCUT2D eigenvalue weighted by Crippen LogP contribution is 2.26. The largest absolute Gasteiger partial charge is 0.505 e. The SMILES string of the molecule is C[C@H]1NC(=O)C(Cc2ccccc2)NC(=O)[C@H](C)[C@H](O)[C@H](Cc2c(F)c(F)c(F)c(F)c2F)NC(=O)[C@H]1NC(=O)c1ncccc1O. The van der Waals surface area contributed by atoms with E-state index < -0.39 is 112 Å². The van der Waals surface area contributed by atoms with Gasteiger partial charge in [-0.3, -0.25) is 19.2 Å². The molecule has 0 saturated carbocycles. The lowest BCUT2D eigenvalue weighted by Crippen LogP contribution is -2.64. The van der Waals surface area contributed by atoms with E-state index in [0.29, 0.717) is 5.56 Å². The van der Waals surface area contributed by atoms with E-state index in [1.165, 1.54) is 19.2 Å². The Balaban J connectivity index is 1.77. The zero-order valence-electron chi connectivity index (χ0n) is 24.9. The predicted octanol–water partition coefficient (Wildman–Crippen LogP) is 1.55. The molecule has 47 heavy (non-hydrogen) atoms. The highest BCUT2D eigenvalue weighted by Gasteiger charge is 2.39. The van der Waals surface area contributed by atoms with Gasteiger partial charge in [0, 0.05) is 24.6 Å². The number of hydrogen-bond donors (Lipinski definition) is 6. The Hall–Kier alpha value is -5.12. The number of amides is 4. The minimum atomic E-state index is -2.42. The average molecular weight is 664 g/mol. The van der Waals surface area contributed by atoms with Crippen LogP contribution in [-0.4, -0.2) is 69.1 Å².